The molecule has 4 aromatic rings. The lowest BCUT2D eigenvalue weighted by atomic mass is 9.83. The molecule has 0 unspecified atom stereocenters. The third-order valence-electron chi connectivity index (χ3n) is 7.47. The van der Waals surface area contributed by atoms with Gasteiger partial charge in [-0.2, -0.15) is 0 Å². The van der Waals surface area contributed by atoms with Crippen molar-refractivity contribution in [2.24, 2.45) is 5.92 Å². The average molecular weight is 465 g/mol. The van der Waals surface area contributed by atoms with E-state index in [1.54, 1.807) is 18.5 Å². The molecule has 176 valence electrons. The number of amides is 1. The number of benzene rings is 1. The lowest BCUT2D eigenvalue weighted by molar-refractivity contribution is 0.0596. The monoisotopic (exact) mass is 464 g/mol. The van der Waals surface area contributed by atoms with Gasteiger partial charge in [0, 0.05) is 60.7 Å². The van der Waals surface area contributed by atoms with Gasteiger partial charge in [0.05, 0.1) is 16.8 Å². The van der Waals surface area contributed by atoms with Crippen molar-refractivity contribution >= 4 is 16.8 Å². The predicted octanol–water partition coefficient (Wildman–Crippen LogP) is 4.84. The highest BCUT2D eigenvalue weighted by atomic mass is 16.2. The number of hydrogen-bond acceptors (Lipinski definition) is 4. The van der Waals surface area contributed by atoms with Crippen molar-refractivity contribution in [3.05, 3.63) is 94.2 Å². The summed E-state index contributed by atoms with van der Waals surface area (Å²) in [4.78, 5) is 37.5. The van der Waals surface area contributed by atoms with Crippen LogP contribution in [0.1, 0.15) is 53.7 Å². The Morgan fingerprint density at radius 2 is 1.83 bits per heavy atom. The number of hydrogen-bond donors (Lipinski definition) is 0. The molecule has 6 rings (SSSR count). The molecule has 6 heteroatoms. The lowest BCUT2D eigenvalue weighted by Gasteiger charge is -2.42. The van der Waals surface area contributed by atoms with Crippen molar-refractivity contribution in [3.8, 4) is 11.3 Å². The second kappa shape index (κ2) is 8.45. The maximum Gasteiger partial charge on any atom is 0.254 e. The molecule has 6 nitrogen and oxygen atoms in total. The van der Waals surface area contributed by atoms with E-state index in [1.165, 1.54) is 5.56 Å². The minimum absolute atomic E-state index is 0.0371. The highest BCUT2D eigenvalue weighted by Gasteiger charge is 2.37. The van der Waals surface area contributed by atoms with E-state index in [-0.39, 0.29) is 23.3 Å². The van der Waals surface area contributed by atoms with Crippen molar-refractivity contribution in [1.29, 1.82) is 0 Å². The van der Waals surface area contributed by atoms with Crippen molar-refractivity contribution in [2.75, 3.05) is 13.1 Å². The van der Waals surface area contributed by atoms with Gasteiger partial charge in [0.2, 0.25) is 0 Å². The van der Waals surface area contributed by atoms with Gasteiger partial charge in [-0.15, -0.1) is 0 Å². The quantitative estimate of drug-likeness (QED) is 0.435. The zero-order chi connectivity index (χ0) is 24.1. The second-order valence-corrected chi connectivity index (χ2v) is 10.1. The Kier molecular flexibility index (Phi) is 5.24. The normalized spacial score (nSPS) is 19.1. The molecule has 0 saturated carbocycles. The third kappa shape index (κ3) is 3.83. The molecule has 0 N–H and O–H groups in total. The fourth-order valence-electron chi connectivity index (χ4n) is 5.68. The number of nitrogens with zero attached hydrogens (tertiary/aromatic N) is 4. The number of aromatic nitrogens is 3. The van der Waals surface area contributed by atoms with E-state index in [2.05, 4.69) is 31.0 Å². The van der Waals surface area contributed by atoms with Crippen molar-refractivity contribution in [3.63, 3.8) is 0 Å². The minimum Gasteiger partial charge on any atom is -0.338 e. The summed E-state index contributed by atoms with van der Waals surface area (Å²) in [6.45, 7) is 6.27. The number of pyridine rings is 3. The van der Waals surface area contributed by atoms with E-state index < -0.39 is 0 Å². The molecule has 2 aliphatic rings. The molecule has 2 bridgehead atoms. The molecule has 2 aliphatic heterocycles. The maximum atomic E-state index is 14.1. The van der Waals surface area contributed by atoms with E-state index in [4.69, 9.17) is 4.98 Å². The second-order valence-electron chi connectivity index (χ2n) is 10.1. The molecule has 2 atom stereocenters. The fraction of sp³-hybridized carbons (Fsp3) is 0.310. The van der Waals surface area contributed by atoms with Crippen LogP contribution in [0, 0.1) is 5.92 Å². The summed E-state index contributed by atoms with van der Waals surface area (Å²) in [6, 6.07) is 17.5. The lowest BCUT2D eigenvalue weighted by Crippen LogP contribution is -2.49. The standard InChI is InChI=1S/C29H28N4O2/c1-18(2)21-6-7-25-23(13-21)24(14-26(31-25)20-8-10-30-11-9-20)29(35)32-15-19-12-22(17-32)27-4-3-5-28(34)33(27)16-19/h3-11,13-14,18-19,22H,12,15-17H2,1-2H3/t19-,22+/m1/s1. The first-order valence-electron chi connectivity index (χ1n) is 12.3. The Labute approximate surface area is 204 Å². The Morgan fingerprint density at radius 3 is 2.63 bits per heavy atom. The first-order valence-corrected chi connectivity index (χ1v) is 12.3. The first kappa shape index (κ1) is 21.7. The first-order chi connectivity index (χ1) is 17.0. The van der Waals surface area contributed by atoms with Crippen LogP contribution >= 0.6 is 0 Å². The van der Waals surface area contributed by atoms with Gasteiger partial charge in [0.25, 0.3) is 11.5 Å². The largest absolute Gasteiger partial charge is 0.338 e. The van der Waals surface area contributed by atoms with Crippen LogP contribution in [0.2, 0.25) is 0 Å². The van der Waals surface area contributed by atoms with Crippen LogP contribution in [-0.2, 0) is 6.54 Å². The van der Waals surface area contributed by atoms with Crippen LogP contribution in [0.25, 0.3) is 22.2 Å². The van der Waals surface area contributed by atoms with Crippen LogP contribution in [-0.4, -0.2) is 38.4 Å². The van der Waals surface area contributed by atoms with Gasteiger partial charge in [-0.1, -0.05) is 26.0 Å². The molecule has 3 aromatic heterocycles. The Hall–Kier alpha value is -3.80. The predicted molar refractivity (Wildman–Crippen MR) is 137 cm³/mol. The molecular weight excluding hydrogens is 436 g/mol. The number of carbonyl (C=O) groups excluding carboxylic acids is 1. The van der Waals surface area contributed by atoms with E-state index in [0.717, 1.165) is 34.3 Å². The molecule has 1 fully saturated rings. The van der Waals surface area contributed by atoms with Gasteiger partial charge in [0.15, 0.2) is 0 Å². The Bertz CT molecular complexity index is 1490. The number of carbonyl (C=O) groups is 1. The molecular formula is C29H28N4O2. The van der Waals surface area contributed by atoms with Crippen LogP contribution in [0.5, 0.6) is 0 Å². The van der Waals surface area contributed by atoms with Crippen molar-refractivity contribution < 1.29 is 4.79 Å². The van der Waals surface area contributed by atoms with Crippen LogP contribution in [0.4, 0.5) is 0 Å². The summed E-state index contributed by atoms with van der Waals surface area (Å²) >= 11 is 0. The summed E-state index contributed by atoms with van der Waals surface area (Å²) in [5.74, 6) is 0.852. The van der Waals surface area contributed by atoms with Crippen molar-refractivity contribution in [1.82, 2.24) is 19.4 Å². The summed E-state index contributed by atoms with van der Waals surface area (Å²) in [6.07, 6.45) is 4.51. The Balaban J connectivity index is 1.44. The summed E-state index contributed by atoms with van der Waals surface area (Å²) in [5, 5.41) is 0.895. The molecule has 0 radical (unpaired) electrons. The molecule has 1 aromatic carbocycles. The van der Waals surface area contributed by atoms with Crippen molar-refractivity contribution in [2.45, 2.75) is 38.6 Å². The van der Waals surface area contributed by atoms with Gasteiger partial charge >= 0.3 is 0 Å². The number of rotatable bonds is 3. The van der Waals surface area contributed by atoms with Crippen LogP contribution in [0.3, 0.4) is 0 Å². The van der Waals surface area contributed by atoms with E-state index in [9.17, 15) is 9.59 Å². The van der Waals surface area contributed by atoms with E-state index in [0.29, 0.717) is 31.1 Å². The van der Waals surface area contributed by atoms with Gasteiger partial charge in [-0.05, 0) is 60.2 Å². The van der Waals surface area contributed by atoms with Crippen LogP contribution in [0.15, 0.2) is 71.8 Å². The zero-order valence-electron chi connectivity index (χ0n) is 20.0. The van der Waals surface area contributed by atoms with Gasteiger partial charge < -0.3 is 9.47 Å². The molecule has 5 heterocycles. The fourth-order valence-corrected chi connectivity index (χ4v) is 5.68. The maximum absolute atomic E-state index is 14.1. The van der Waals surface area contributed by atoms with E-state index >= 15 is 0 Å². The summed E-state index contributed by atoms with van der Waals surface area (Å²) < 4.78 is 1.90. The number of fused-ring (bicyclic) bond motifs is 5. The summed E-state index contributed by atoms with van der Waals surface area (Å²) in [5.41, 5.74) is 5.51. The minimum atomic E-state index is 0.0371. The van der Waals surface area contributed by atoms with Gasteiger partial charge in [-0.25, -0.2) is 4.98 Å². The summed E-state index contributed by atoms with van der Waals surface area (Å²) in [7, 11) is 0. The molecule has 0 aliphatic carbocycles. The highest BCUT2D eigenvalue weighted by molar-refractivity contribution is 6.07. The molecule has 0 spiro atoms. The average Bonchev–Trinajstić information content (AvgIpc) is 2.88. The topological polar surface area (TPSA) is 68.1 Å². The molecule has 35 heavy (non-hydrogen) atoms. The SMILES string of the molecule is CC(C)c1ccc2nc(-c3ccncc3)cc(C(=O)N3C[C@H]4C[C@@H](C3)c3cccc(=O)n3C4)c2c1. The Morgan fingerprint density at radius 1 is 1.00 bits per heavy atom. The zero-order valence-corrected chi connectivity index (χ0v) is 20.0. The smallest absolute Gasteiger partial charge is 0.254 e. The number of piperidine rings is 1. The third-order valence-corrected chi connectivity index (χ3v) is 7.47. The van der Waals surface area contributed by atoms with Crippen LogP contribution < -0.4 is 5.56 Å². The molecule has 1 amide bonds. The highest BCUT2D eigenvalue weighted by Crippen LogP contribution is 2.36. The number of likely N-dealkylation sites (tertiary alicyclic amines) is 1. The van der Waals surface area contributed by atoms with E-state index in [1.807, 2.05) is 45.9 Å². The van der Waals surface area contributed by atoms with Gasteiger partial charge in [0.1, 0.15) is 0 Å². The molecule has 1 saturated heterocycles. The van der Waals surface area contributed by atoms with Gasteiger partial charge in [-0.3, -0.25) is 14.6 Å².